The molecular weight excluding hydrogens is 704 g/mol. The van der Waals surface area contributed by atoms with Crippen LogP contribution < -0.4 is 21.7 Å². The Morgan fingerprint density at radius 3 is 2.54 bits per heavy atom. The molecule has 0 radical (unpaired) electrons. The smallest absolute Gasteiger partial charge is 0.464 e. The van der Waals surface area contributed by atoms with Gasteiger partial charge in [-0.05, 0) is 25.7 Å². The molecule has 0 saturated carbocycles. The van der Waals surface area contributed by atoms with Crippen LogP contribution in [0.3, 0.4) is 0 Å². The van der Waals surface area contributed by atoms with E-state index in [0.717, 1.165) is 36.6 Å². The second-order valence-corrected chi connectivity index (χ2v) is 14.5. The monoisotopic (exact) mass is 745 g/mol. The predicted molar refractivity (Wildman–Crippen MR) is 169 cm³/mol. The molecule has 0 aliphatic carbocycles. The summed E-state index contributed by atoms with van der Waals surface area (Å²) in [7, 11) is -10.2. The third-order valence-corrected chi connectivity index (χ3v) is 10.7. The first-order valence-corrected chi connectivity index (χ1v) is 18.6. The number of nitrogens with one attached hydrogen (secondary N) is 3. The molecule has 3 unspecified atom stereocenters. The van der Waals surface area contributed by atoms with E-state index in [2.05, 4.69) is 25.4 Å². The van der Waals surface area contributed by atoms with Gasteiger partial charge >= 0.3 is 21.5 Å². The first-order chi connectivity index (χ1) is 22.6. The van der Waals surface area contributed by atoms with Gasteiger partial charge in [0.1, 0.15) is 30.2 Å². The normalized spacial score (nSPS) is 22.8. The van der Waals surface area contributed by atoms with Crippen molar-refractivity contribution in [3.8, 4) is 0 Å². The molecular formula is C25H42ClN7O13P2. The molecule has 1 aliphatic heterocycles. The van der Waals surface area contributed by atoms with Crippen LogP contribution in [0.2, 0.25) is 0 Å². The number of phosphoric acid groups is 1. The Labute approximate surface area is 280 Å². The Kier molecular flexibility index (Phi) is 14.9. The predicted octanol–water partition coefficient (Wildman–Crippen LogP) is 0.672. The minimum Gasteiger partial charge on any atom is -0.464 e. The van der Waals surface area contributed by atoms with E-state index in [4.69, 9.17) is 40.2 Å². The molecule has 48 heavy (non-hydrogen) atoms. The standard InChI is InChI=1S/C25H42ClN7O13P2/c1-4-6-15(7-5-2)11-42-24(38)14(3)32-47(39,43-9-8-28-17(34)10-26)46-48(40,41)44-12-16-19(35)20(36)23(45-16)33-13-29-18-21(33)30-25(27)31-22(18)37/h13-16,19-20,23,35-36H,4-12H2,1-3H3,(H,28,34)(H,32,39)(H,40,41)(H3,27,30,31,37)/t14?,16-,19+,20-,23-,47?/m1/s1. The van der Waals surface area contributed by atoms with Crippen LogP contribution in [0.15, 0.2) is 11.1 Å². The number of halogens is 1. The number of alkyl halides is 1. The molecule has 20 nitrogen and oxygen atoms in total. The molecule has 272 valence electrons. The Hall–Kier alpha value is -2.48. The number of nitrogens with zero attached hydrogens (tertiary/aromatic N) is 3. The molecule has 2 aromatic rings. The number of carbonyl (C=O) groups is 2. The molecule has 1 fully saturated rings. The fraction of sp³-hybridized carbons (Fsp3) is 0.720. The van der Waals surface area contributed by atoms with E-state index in [9.17, 15) is 38.6 Å². The summed E-state index contributed by atoms with van der Waals surface area (Å²) < 4.78 is 53.7. The summed E-state index contributed by atoms with van der Waals surface area (Å²) in [6.07, 6.45) is -1.65. The number of nitrogens with two attached hydrogens (primary N) is 1. The largest absolute Gasteiger partial charge is 0.480 e. The van der Waals surface area contributed by atoms with Gasteiger partial charge < -0.3 is 35.6 Å². The molecule has 0 spiro atoms. The lowest BCUT2D eigenvalue weighted by atomic mass is 9.99. The van der Waals surface area contributed by atoms with Gasteiger partial charge in [-0.25, -0.2) is 19.2 Å². The van der Waals surface area contributed by atoms with Crippen LogP contribution in [0.25, 0.3) is 11.2 Å². The van der Waals surface area contributed by atoms with Crippen molar-refractivity contribution in [3.05, 3.63) is 16.7 Å². The van der Waals surface area contributed by atoms with Gasteiger partial charge in [0.15, 0.2) is 17.4 Å². The summed E-state index contributed by atoms with van der Waals surface area (Å²) in [4.78, 5) is 56.9. The van der Waals surface area contributed by atoms with Gasteiger partial charge in [-0.15, -0.1) is 11.6 Å². The van der Waals surface area contributed by atoms with E-state index in [1.807, 2.05) is 13.8 Å². The van der Waals surface area contributed by atoms with Gasteiger partial charge in [-0.2, -0.15) is 9.29 Å². The quantitative estimate of drug-likeness (QED) is 0.0424. The average Bonchev–Trinajstić information content (AvgIpc) is 3.56. The van der Waals surface area contributed by atoms with E-state index >= 15 is 0 Å². The van der Waals surface area contributed by atoms with E-state index < -0.39 is 76.8 Å². The minimum atomic E-state index is -5.33. The minimum absolute atomic E-state index is 0.0736. The molecule has 7 atom stereocenters. The number of aromatic nitrogens is 4. The summed E-state index contributed by atoms with van der Waals surface area (Å²) in [6, 6.07) is -1.35. The van der Waals surface area contributed by atoms with Crippen molar-refractivity contribution >= 4 is 56.2 Å². The molecule has 23 heteroatoms. The van der Waals surface area contributed by atoms with E-state index in [1.165, 1.54) is 6.92 Å². The second-order valence-electron chi connectivity index (χ2n) is 10.9. The number of aliphatic hydroxyl groups excluding tert-OH is 2. The highest BCUT2D eigenvalue weighted by atomic mass is 35.5. The fourth-order valence-electron chi connectivity index (χ4n) is 4.78. The maximum absolute atomic E-state index is 13.6. The third-order valence-electron chi connectivity index (χ3n) is 7.04. The lowest BCUT2D eigenvalue weighted by Crippen LogP contribution is -2.36. The Morgan fingerprint density at radius 2 is 1.90 bits per heavy atom. The van der Waals surface area contributed by atoms with E-state index in [0.29, 0.717) is 0 Å². The number of nitrogen functional groups attached to an aromatic ring is 1. The Balaban J connectivity index is 1.68. The number of hydrogen-bond acceptors (Lipinski definition) is 15. The molecule has 3 rings (SSSR count). The van der Waals surface area contributed by atoms with Crippen LogP contribution in [0.5, 0.6) is 0 Å². The van der Waals surface area contributed by atoms with Gasteiger partial charge in [0.2, 0.25) is 11.9 Å². The van der Waals surface area contributed by atoms with E-state index in [1.54, 1.807) is 0 Å². The number of carbonyl (C=O) groups excluding carboxylic acids is 2. The zero-order valence-electron chi connectivity index (χ0n) is 26.5. The van der Waals surface area contributed by atoms with Crippen molar-refractivity contribution in [1.29, 1.82) is 0 Å². The fourth-order valence-corrected chi connectivity index (χ4v) is 7.85. The number of ether oxygens (including phenoxy) is 2. The van der Waals surface area contributed by atoms with Crippen molar-refractivity contribution in [1.82, 2.24) is 29.9 Å². The SMILES string of the molecule is CCCC(CCC)COC(=O)C(C)NP(=O)(OCCNC(=O)CCl)OP(=O)(O)OC[C@H]1O[C@@H](n2cnc3c(=O)[nH]c(N)nc32)[C@H](O)[C@H]1O. The lowest BCUT2D eigenvalue weighted by molar-refractivity contribution is -0.146. The van der Waals surface area contributed by atoms with Gasteiger partial charge in [-0.3, -0.25) is 33.0 Å². The van der Waals surface area contributed by atoms with Crippen LogP contribution in [0.1, 0.15) is 52.7 Å². The molecule has 1 saturated heterocycles. The Morgan fingerprint density at radius 1 is 1.21 bits per heavy atom. The molecule has 0 bridgehead atoms. The summed E-state index contributed by atoms with van der Waals surface area (Å²) in [5.74, 6) is -1.91. The zero-order valence-corrected chi connectivity index (χ0v) is 29.1. The number of H-pyrrole nitrogens is 1. The highest BCUT2D eigenvalue weighted by Crippen LogP contribution is 2.61. The molecule has 8 N–H and O–H groups in total. The molecule has 1 aliphatic rings. The number of anilines is 1. The summed E-state index contributed by atoms with van der Waals surface area (Å²) >= 11 is 5.43. The van der Waals surface area contributed by atoms with Crippen molar-refractivity contribution in [2.75, 3.05) is 38.0 Å². The van der Waals surface area contributed by atoms with Gasteiger partial charge in [0, 0.05) is 6.54 Å². The Bertz CT molecular complexity index is 1540. The maximum atomic E-state index is 13.6. The van der Waals surface area contributed by atoms with Crippen LogP contribution in [-0.2, 0) is 41.6 Å². The van der Waals surface area contributed by atoms with E-state index in [-0.39, 0.29) is 42.1 Å². The van der Waals surface area contributed by atoms with Gasteiger partial charge in [0.05, 0.1) is 26.1 Å². The summed E-state index contributed by atoms with van der Waals surface area (Å²) in [6.45, 7) is 3.76. The number of fused-ring (bicyclic) bond motifs is 1. The number of esters is 1. The molecule has 1 amide bonds. The van der Waals surface area contributed by atoms with Gasteiger partial charge in [0.25, 0.3) is 5.56 Å². The highest BCUT2D eigenvalue weighted by molar-refractivity contribution is 7.63. The van der Waals surface area contributed by atoms with Crippen LogP contribution >= 0.6 is 27.2 Å². The lowest BCUT2D eigenvalue weighted by Gasteiger charge is -2.25. The maximum Gasteiger partial charge on any atom is 0.480 e. The van der Waals surface area contributed by atoms with Crippen molar-refractivity contribution in [3.63, 3.8) is 0 Å². The number of amides is 1. The van der Waals surface area contributed by atoms with Crippen LogP contribution in [-0.4, -0.2) is 103 Å². The van der Waals surface area contributed by atoms with Gasteiger partial charge in [-0.1, -0.05) is 26.7 Å². The summed E-state index contributed by atoms with van der Waals surface area (Å²) in [5, 5.41) is 25.8. The topological polar surface area (TPSA) is 289 Å². The third kappa shape index (κ3) is 11.0. The molecule has 0 aromatic carbocycles. The number of imidazole rings is 1. The van der Waals surface area contributed by atoms with Crippen molar-refractivity contribution in [2.24, 2.45) is 5.92 Å². The summed E-state index contributed by atoms with van der Waals surface area (Å²) in [5.41, 5.74) is 4.73. The second kappa shape index (κ2) is 18.0. The number of aromatic amines is 1. The van der Waals surface area contributed by atoms with Crippen LogP contribution in [0.4, 0.5) is 5.95 Å². The van der Waals surface area contributed by atoms with Crippen molar-refractivity contribution < 1.29 is 56.7 Å². The molecule has 3 heterocycles. The first kappa shape index (κ1) is 40.0. The number of aliphatic hydroxyl groups is 2. The van der Waals surface area contributed by atoms with Crippen LogP contribution in [0, 0.1) is 5.92 Å². The number of phosphoric ester groups is 1. The zero-order chi connectivity index (χ0) is 35.6. The molecule has 2 aromatic heterocycles. The first-order valence-electron chi connectivity index (χ1n) is 15.1. The average molecular weight is 746 g/mol. The number of rotatable bonds is 20. The van der Waals surface area contributed by atoms with Crippen molar-refractivity contribution in [2.45, 2.75) is 77.0 Å². The highest BCUT2D eigenvalue weighted by Gasteiger charge is 2.46. The number of hydrogen-bond donors (Lipinski definition) is 7.